The average molecular weight is 453 g/mol. The fourth-order valence-corrected chi connectivity index (χ4v) is 4.44. The van der Waals surface area contributed by atoms with Crippen LogP contribution in [0.1, 0.15) is 64.8 Å². The molecule has 1 aliphatic rings. The molecule has 7 nitrogen and oxygen atoms in total. The summed E-state index contributed by atoms with van der Waals surface area (Å²) in [5.41, 5.74) is -0.00809. The van der Waals surface area contributed by atoms with E-state index in [4.69, 9.17) is 0 Å². The number of nitrogens with one attached hydrogen (secondary N) is 1. The second-order valence-corrected chi connectivity index (χ2v) is 8.30. The van der Waals surface area contributed by atoms with E-state index in [-0.39, 0.29) is 22.4 Å². The molecule has 2 heterocycles. The van der Waals surface area contributed by atoms with Crippen molar-refractivity contribution in [2.75, 3.05) is 18.4 Å². The molecule has 0 saturated heterocycles. The van der Waals surface area contributed by atoms with Crippen LogP contribution in [-0.4, -0.2) is 39.6 Å². The Hall–Kier alpha value is -2.87. The normalized spacial score (nSPS) is 13.7. The van der Waals surface area contributed by atoms with E-state index in [0.717, 1.165) is 34.9 Å². The summed E-state index contributed by atoms with van der Waals surface area (Å²) in [6.45, 7) is 5.91. The number of alkyl halides is 3. The maximum Gasteiger partial charge on any atom is 0.435 e. The van der Waals surface area contributed by atoms with Crippen LogP contribution in [0.5, 0.6) is 0 Å². The molecule has 2 aromatic heterocycles. The van der Waals surface area contributed by atoms with Gasteiger partial charge in [0.1, 0.15) is 17.6 Å². The summed E-state index contributed by atoms with van der Waals surface area (Å²) in [5.74, 6) is -0.880. The fraction of sp³-hybridized carbons (Fsp3) is 0.500. The Morgan fingerprint density at radius 3 is 2.52 bits per heavy atom. The van der Waals surface area contributed by atoms with Gasteiger partial charge in [0.25, 0.3) is 5.91 Å². The van der Waals surface area contributed by atoms with Gasteiger partial charge in [0.15, 0.2) is 5.69 Å². The summed E-state index contributed by atoms with van der Waals surface area (Å²) >= 11 is 0.994. The number of rotatable bonds is 7. The molecule has 2 amide bonds. The number of hydrogen-bond acceptors (Lipinski definition) is 5. The number of aromatic nitrogens is 2. The zero-order chi connectivity index (χ0) is 22.9. The van der Waals surface area contributed by atoms with Crippen molar-refractivity contribution in [3.8, 4) is 6.07 Å². The number of thiophene rings is 1. The lowest BCUT2D eigenvalue weighted by Gasteiger charge is -2.17. The van der Waals surface area contributed by atoms with Crippen LogP contribution in [0.25, 0.3) is 0 Å². The van der Waals surface area contributed by atoms with Crippen LogP contribution in [-0.2, 0) is 17.5 Å². The molecule has 0 aromatic carbocycles. The van der Waals surface area contributed by atoms with Crippen molar-refractivity contribution >= 4 is 28.2 Å². The predicted octanol–water partition coefficient (Wildman–Crippen LogP) is 4.14. The first-order chi connectivity index (χ1) is 14.6. The zero-order valence-corrected chi connectivity index (χ0v) is 18.2. The van der Waals surface area contributed by atoms with E-state index >= 15 is 0 Å². The number of anilines is 1. The topological polar surface area (TPSA) is 91.0 Å². The third-order valence-corrected chi connectivity index (χ3v) is 6.34. The Kier molecular flexibility index (Phi) is 6.40. The van der Waals surface area contributed by atoms with Gasteiger partial charge < -0.3 is 10.2 Å². The van der Waals surface area contributed by atoms with Gasteiger partial charge in [-0.3, -0.25) is 14.3 Å². The molecule has 0 atom stereocenters. The fourth-order valence-electron chi connectivity index (χ4n) is 3.30. The summed E-state index contributed by atoms with van der Waals surface area (Å²) in [6, 6.07) is 2.99. The summed E-state index contributed by atoms with van der Waals surface area (Å²) < 4.78 is 40.2. The molecule has 0 spiro atoms. The number of amides is 2. The van der Waals surface area contributed by atoms with E-state index in [0.29, 0.717) is 29.2 Å². The molecule has 2 aromatic rings. The quantitative estimate of drug-likeness (QED) is 0.682. The van der Waals surface area contributed by atoms with Gasteiger partial charge in [0, 0.05) is 24.7 Å². The Morgan fingerprint density at radius 2 is 2.00 bits per heavy atom. The summed E-state index contributed by atoms with van der Waals surface area (Å²) in [7, 11) is 0. The Balaban J connectivity index is 1.83. The molecule has 1 aliphatic carbocycles. The number of carbonyl (C=O) groups excluding carboxylic acids is 2. The van der Waals surface area contributed by atoms with Gasteiger partial charge in [-0.2, -0.15) is 23.5 Å². The molecule has 11 heteroatoms. The van der Waals surface area contributed by atoms with E-state index in [1.54, 1.807) is 11.8 Å². The highest BCUT2D eigenvalue weighted by Gasteiger charge is 2.38. The standard InChI is InChI=1S/C20H22F3N5O2S/c1-4-27(5-2)19(30)17-11(3)13(9-24)18(31-17)25-16(29)10-28-14(12-6-7-12)8-15(26-28)20(21,22)23/h8,12H,4-7,10H2,1-3H3,(H,25,29). The van der Waals surface area contributed by atoms with Crippen LogP contribution < -0.4 is 5.32 Å². The van der Waals surface area contributed by atoms with Crippen LogP contribution in [0.3, 0.4) is 0 Å². The smallest absolute Gasteiger partial charge is 0.338 e. The second kappa shape index (κ2) is 8.70. The van der Waals surface area contributed by atoms with E-state index in [1.165, 1.54) is 0 Å². The maximum absolute atomic E-state index is 13.0. The number of nitrogens with zero attached hydrogens (tertiary/aromatic N) is 4. The van der Waals surface area contributed by atoms with Crippen LogP contribution in [0, 0.1) is 18.3 Å². The van der Waals surface area contributed by atoms with Crippen molar-refractivity contribution in [1.82, 2.24) is 14.7 Å². The molecular weight excluding hydrogens is 431 g/mol. The van der Waals surface area contributed by atoms with Gasteiger partial charge >= 0.3 is 6.18 Å². The lowest BCUT2D eigenvalue weighted by Crippen LogP contribution is -2.30. The SMILES string of the molecule is CCN(CC)C(=O)c1sc(NC(=O)Cn2nc(C(F)(F)F)cc2C2CC2)c(C#N)c1C. The highest BCUT2D eigenvalue weighted by Crippen LogP contribution is 2.42. The van der Waals surface area contributed by atoms with Crippen LogP contribution in [0.15, 0.2) is 6.07 Å². The minimum Gasteiger partial charge on any atom is -0.338 e. The van der Waals surface area contributed by atoms with Crippen molar-refractivity contribution in [2.24, 2.45) is 0 Å². The maximum atomic E-state index is 13.0. The van der Waals surface area contributed by atoms with Crippen molar-refractivity contribution in [1.29, 1.82) is 5.26 Å². The van der Waals surface area contributed by atoms with Gasteiger partial charge in [-0.1, -0.05) is 0 Å². The number of halogens is 3. The predicted molar refractivity (Wildman–Crippen MR) is 109 cm³/mol. The molecule has 31 heavy (non-hydrogen) atoms. The van der Waals surface area contributed by atoms with Gasteiger partial charge in [-0.05, 0) is 45.2 Å². The summed E-state index contributed by atoms with van der Waals surface area (Å²) in [6.07, 6.45) is -3.09. The molecule has 1 saturated carbocycles. The third-order valence-electron chi connectivity index (χ3n) is 5.15. The van der Waals surface area contributed by atoms with Crippen molar-refractivity contribution < 1.29 is 22.8 Å². The Morgan fingerprint density at radius 1 is 1.35 bits per heavy atom. The molecule has 166 valence electrons. The first-order valence-electron chi connectivity index (χ1n) is 9.88. The van der Waals surface area contributed by atoms with E-state index in [1.807, 2.05) is 19.9 Å². The Bertz CT molecular complexity index is 1040. The first kappa shape index (κ1) is 22.8. The molecule has 1 N–H and O–H groups in total. The molecule has 1 fully saturated rings. The number of carbonyl (C=O) groups is 2. The van der Waals surface area contributed by atoms with E-state index in [2.05, 4.69) is 10.4 Å². The van der Waals surface area contributed by atoms with Crippen LogP contribution in [0.2, 0.25) is 0 Å². The number of nitriles is 1. The van der Waals surface area contributed by atoms with Crippen LogP contribution in [0.4, 0.5) is 18.2 Å². The molecular formula is C20H22F3N5O2S. The van der Waals surface area contributed by atoms with Gasteiger partial charge in [-0.25, -0.2) is 0 Å². The zero-order valence-electron chi connectivity index (χ0n) is 17.3. The summed E-state index contributed by atoms with van der Waals surface area (Å²) in [5, 5.41) is 15.9. The van der Waals surface area contributed by atoms with Crippen molar-refractivity contribution in [3.63, 3.8) is 0 Å². The molecule has 0 bridgehead atoms. The second-order valence-electron chi connectivity index (χ2n) is 7.28. The van der Waals surface area contributed by atoms with Crippen molar-refractivity contribution in [2.45, 2.75) is 52.3 Å². The monoisotopic (exact) mass is 453 g/mol. The highest BCUT2D eigenvalue weighted by atomic mass is 32.1. The largest absolute Gasteiger partial charge is 0.435 e. The Labute approximate surface area is 181 Å². The van der Waals surface area contributed by atoms with E-state index < -0.39 is 24.3 Å². The third kappa shape index (κ3) is 4.74. The van der Waals surface area contributed by atoms with Gasteiger partial charge in [0.2, 0.25) is 5.91 Å². The summed E-state index contributed by atoms with van der Waals surface area (Å²) in [4.78, 5) is 27.3. The minimum atomic E-state index is -4.59. The average Bonchev–Trinajstić information content (AvgIpc) is 3.38. The lowest BCUT2D eigenvalue weighted by atomic mass is 10.1. The van der Waals surface area contributed by atoms with Crippen LogP contribution >= 0.6 is 11.3 Å². The highest BCUT2D eigenvalue weighted by molar-refractivity contribution is 7.18. The first-order valence-corrected chi connectivity index (χ1v) is 10.7. The molecule has 0 unspecified atom stereocenters. The number of hydrogen-bond donors (Lipinski definition) is 1. The molecule has 0 aliphatic heterocycles. The molecule has 0 radical (unpaired) electrons. The van der Waals surface area contributed by atoms with Crippen molar-refractivity contribution in [3.05, 3.63) is 33.5 Å². The molecule has 3 rings (SSSR count). The minimum absolute atomic E-state index is 0.0339. The van der Waals surface area contributed by atoms with Gasteiger partial charge in [0.05, 0.1) is 10.4 Å². The lowest BCUT2D eigenvalue weighted by molar-refractivity contribution is -0.141. The van der Waals surface area contributed by atoms with E-state index in [9.17, 15) is 28.0 Å². The van der Waals surface area contributed by atoms with Gasteiger partial charge in [-0.15, -0.1) is 11.3 Å².